The molecule has 1 saturated heterocycles. The first kappa shape index (κ1) is 16.3. The minimum atomic E-state index is 0.0262. The van der Waals surface area contributed by atoms with Gasteiger partial charge in [-0.3, -0.25) is 4.79 Å². The van der Waals surface area contributed by atoms with Gasteiger partial charge in [0.2, 0.25) is 0 Å². The van der Waals surface area contributed by atoms with Crippen molar-refractivity contribution >= 4 is 5.91 Å². The highest BCUT2D eigenvalue weighted by atomic mass is 16.5. The van der Waals surface area contributed by atoms with Gasteiger partial charge in [-0.1, -0.05) is 18.2 Å². The van der Waals surface area contributed by atoms with E-state index >= 15 is 0 Å². The molecule has 0 N–H and O–H groups in total. The third-order valence-electron chi connectivity index (χ3n) is 4.72. The second-order valence-electron chi connectivity index (χ2n) is 6.23. The predicted molar refractivity (Wildman–Crippen MR) is 95.2 cm³/mol. The molecule has 2 aromatic carbocycles. The van der Waals surface area contributed by atoms with Gasteiger partial charge in [-0.25, -0.2) is 4.68 Å². The number of likely N-dealkylation sites (tertiary alicyclic amines) is 1. The van der Waals surface area contributed by atoms with E-state index in [1.165, 1.54) is 6.33 Å². The molecule has 1 fully saturated rings. The predicted octanol–water partition coefficient (Wildman–Crippen LogP) is 2.65. The number of nitrogens with zero attached hydrogens (tertiary/aromatic N) is 5. The fourth-order valence-corrected chi connectivity index (χ4v) is 3.41. The lowest BCUT2D eigenvalue weighted by atomic mass is 10.0. The largest absolute Gasteiger partial charge is 0.497 e. The number of carbonyl (C=O) groups excluding carboxylic acids is 1. The molecule has 7 nitrogen and oxygen atoms in total. The number of aromatic nitrogens is 4. The maximum atomic E-state index is 13.1. The Balaban J connectivity index is 1.59. The van der Waals surface area contributed by atoms with Gasteiger partial charge in [0.05, 0.1) is 18.8 Å². The van der Waals surface area contributed by atoms with Gasteiger partial charge in [0, 0.05) is 12.1 Å². The van der Waals surface area contributed by atoms with Gasteiger partial charge in [-0.2, -0.15) is 0 Å². The number of hydrogen-bond acceptors (Lipinski definition) is 5. The summed E-state index contributed by atoms with van der Waals surface area (Å²) in [6.07, 6.45) is 3.47. The molecule has 1 amide bonds. The smallest absolute Gasteiger partial charge is 0.254 e. The number of methoxy groups -OCH3 is 1. The van der Waals surface area contributed by atoms with Crippen molar-refractivity contribution in [2.45, 2.75) is 18.9 Å². The molecule has 0 spiro atoms. The van der Waals surface area contributed by atoms with Gasteiger partial charge in [0.15, 0.2) is 0 Å². The lowest BCUT2D eigenvalue weighted by Crippen LogP contribution is -2.30. The minimum Gasteiger partial charge on any atom is -0.497 e. The molecule has 1 atom stereocenters. The minimum absolute atomic E-state index is 0.0262. The second kappa shape index (κ2) is 6.95. The summed E-state index contributed by atoms with van der Waals surface area (Å²) in [7, 11) is 1.65. The van der Waals surface area contributed by atoms with Crippen molar-refractivity contribution in [1.82, 2.24) is 25.1 Å². The quantitative estimate of drug-likeness (QED) is 0.724. The van der Waals surface area contributed by atoms with Crippen LogP contribution in [-0.2, 0) is 0 Å². The molecular formula is C19H19N5O2. The van der Waals surface area contributed by atoms with E-state index in [9.17, 15) is 4.79 Å². The molecule has 132 valence electrons. The van der Waals surface area contributed by atoms with Crippen LogP contribution >= 0.6 is 0 Å². The van der Waals surface area contributed by atoms with Crippen LogP contribution in [0.3, 0.4) is 0 Å². The summed E-state index contributed by atoms with van der Waals surface area (Å²) in [4.78, 5) is 15.1. The molecule has 2 heterocycles. The number of benzene rings is 2. The van der Waals surface area contributed by atoms with Crippen molar-refractivity contribution < 1.29 is 9.53 Å². The Bertz CT molecular complexity index is 893. The maximum Gasteiger partial charge on any atom is 0.254 e. The zero-order valence-electron chi connectivity index (χ0n) is 14.4. The highest BCUT2D eigenvalue weighted by molar-refractivity contribution is 5.95. The molecule has 7 heteroatoms. The van der Waals surface area contributed by atoms with E-state index in [-0.39, 0.29) is 11.9 Å². The van der Waals surface area contributed by atoms with E-state index < -0.39 is 0 Å². The Labute approximate surface area is 151 Å². The molecule has 4 rings (SSSR count). The summed E-state index contributed by atoms with van der Waals surface area (Å²) < 4.78 is 6.77. The van der Waals surface area contributed by atoms with Crippen LogP contribution < -0.4 is 4.74 Å². The fraction of sp³-hybridized carbons (Fsp3) is 0.263. The van der Waals surface area contributed by atoms with E-state index in [1.54, 1.807) is 11.8 Å². The van der Waals surface area contributed by atoms with E-state index in [1.807, 2.05) is 53.4 Å². The molecule has 0 bridgehead atoms. The Morgan fingerprint density at radius 2 is 2.04 bits per heavy atom. The lowest BCUT2D eigenvalue weighted by molar-refractivity contribution is 0.0735. The van der Waals surface area contributed by atoms with Gasteiger partial charge in [-0.05, 0) is 59.2 Å². The summed E-state index contributed by atoms with van der Waals surface area (Å²) in [5.41, 5.74) is 2.53. The Morgan fingerprint density at radius 3 is 2.77 bits per heavy atom. The summed E-state index contributed by atoms with van der Waals surface area (Å²) in [6.45, 7) is 0.755. The summed E-state index contributed by atoms with van der Waals surface area (Å²) in [6, 6.07) is 15.4. The molecule has 3 aromatic rings. The summed E-state index contributed by atoms with van der Waals surface area (Å²) >= 11 is 0. The zero-order chi connectivity index (χ0) is 17.9. The van der Waals surface area contributed by atoms with E-state index in [2.05, 4.69) is 15.5 Å². The Morgan fingerprint density at radius 1 is 1.19 bits per heavy atom. The van der Waals surface area contributed by atoms with Crippen molar-refractivity contribution in [3.63, 3.8) is 0 Å². The standard InChI is InChI=1S/C19H19N5O2/c1-26-17-9-7-14(8-10-17)18-6-3-11-23(18)19(25)15-4-2-5-16(12-15)24-13-20-21-22-24/h2,4-5,7-10,12-13,18H,3,6,11H2,1H3. The van der Waals surface area contributed by atoms with Gasteiger partial charge in [0.25, 0.3) is 5.91 Å². The van der Waals surface area contributed by atoms with Crippen molar-refractivity contribution in [2.24, 2.45) is 0 Å². The molecule has 1 aliphatic rings. The topological polar surface area (TPSA) is 73.1 Å². The molecule has 26 heavy (non-hydrogen) atoms. The number of rotatable bonds is 4. The number of amides is 1. The third kappa shape index (κ3) is 3.03. The molecule has 0 radical (unpaired) electrons. The number of ether oxygens (including phenoxy) is 1. The zero-order valence-corrected chi connectivity index (χ0v) is 14.4. The van der Waals surface area contributed by atoms with Crippen molar-refractivity contribution in [1.29, 1.82) is 0 Å². The van der Waals surface area contributed by atoms with Gasteiger partial charge >= 0.3 is 0 Å². The molecule has 1 aromatic heterocycles. The highest BCUT2D eigenvalue weighted by Gasteiger charge is 2.30. The number of hydrogen-bond donors (Lipinski definition) is 0. The normalized spacial score (nSPS) is 16.7. The Hall–Kier alpha value is -3.22. The average Bonchev–Trinajstić information content (AvgIpc) is 3.39. The van der Waals surface area contributed by atoms with Crippen LogP contribution in [0.25, 0.3) is 5.69 Å². The lowest BCUT2D eigenvalue weighted by Gasteiger charge is -2.25. The van der Waals surface area contributed by atoms with Gasteiger partial charge < -0.3 is 9.64 Å². The first-order valence-electron chi connectivity index (χ1n) is 8.54. The van der Waals surface area contributed by atoms with Crippen LogP contribution in [0, 0.1) is 0 Å². The monoisotopic (exact) mass is 349 g/mol. The second-order valence-corrected chi connectivity index (χ2v) is 6.23. The van der Waals surface area contributed by atoms with Crippen LogP contribution in [0.5, 0.6) is 5.75 Å². The Kier molecular flexibility index (Phi) is 4.35. The molecule has 0 aliphatic carbocycles. The van der Waals surface area contributed by atoms with E-state index in [0.717, 1.165) is 36.4 Å². The first-order chi connectivity index (χ1) is 12.8. The summed E-state index contributed by atoms with van der Waals surface area (Å²) in [5.74, 6) is 0.844. The molecule has 0 saturated carbocycles. The first-order valence-corrected chi connectivity index (χ1v) is 8.54. The fourth-order valence-electron chi connectivity index (χ4n) is 3.41. The van der Waals surface area contributed by atoms with Crippen LogP contribution in [0.4, 0.5) is 0 Å². The van der Waals surface area contributed by atoms with Gasteiger partial charge in [-0.15, -0.1) is 5.10 Å². The maximum absolute atomic E-state index is 13.1. The average molecular weight is 349 g/mol. The number of tetrazole rings is 1. The van der Waals surface area contributed by atoms with E-state index in [4.69, 9.17) is 4.74 Å². The SMILES string of the molecule is COc1ccc(C2CCCN2C(=O)c2cccc(-n3cnnn3)c2)cc1. The van der Waals surface area contributed by atoms with Crippen LogP contribution in [0.15, 0.2) is 54.9 Å². The van der Waals surface area contributed by atoms with Gasteiger partial charge in [0.1, 0.15) is 12.1 Å². The molecule has 1 aliphatic heterocycles. The van der Waals surface area contributed by atoms with Crippen molar-refractivity contribution in [3.05, 3.63) is 66.0 Å². The van der Waals surface area contributed by atoms with Crippen molar-refractivity contribution in [3.8, 4) is 11.4 Å². The van der Waals surface area contributed by atoms with Crippen molar-refractivity contribution in [2.75, 3.05) is 13.7 Å². The highest BCUT2D eigenvalue weighted by Crippen LogP contribution is 2.34. The molecular weight excluding hydrogens is 330 g/mol. The van der Waals surface area contributed by atoms with E-state index in [0.29, 0.717) is 5.56 Å². The van der Waals surface area contributed by atoms with Crippen LogP contribution in [0.1, 0.15) is 34.8 Å². The third-order valence-corrected chi connectivity index (χ3v) is 4.72. The number of carbonyl (C=O) groups is 1. The van der Waals surface area contributed by atoms with Crippen LogP contribution in [0.2, 0.25) is 0 Å². The van der Waals surface area contributed by atoms with Crippen LogP contribution in [-0.4, -0.2) is 44.7 Å². The molecule has 1 unspecified atom stereocenters. The summed E-state index contributed by atoms with van der Waals surface area (Å²) in [5, 5.41) is 11.2.